The summed E-state index contributed by atoms with van der Waals surface area (Å²) < 4.78 is 22.9. The van der Waals surface area contributed by atoms with Crippen LogP contribution in [0.2, 0.25) is 0 Å². The Morgan fingerprint density at radius 1 is 1.53 bits per heavy atom. The highest BCUT2D eigenvalue weighted by Crippen LogP contribution is 2.19. The molecule has 1 heterocycles. The van der Waals surface area contributed by atoms with E-state index in [9.17, 15) is 9.18 Å². The van der Waals surface area contributed by atoms with Crippen LogP contribution in [-0.4, -0.2) is 21.2 Å². The number of hydrogen-bond acceptors (Lipinski definition) is 5. The lowest BCUT2D eigenvalue weighted by Crippen LogP contribution is -2.01. The van der Waals surface area contributed by atoms with Gasteiger partial charge in [-0.15, -0.1) is 0 Å². The van der Waals surface area contributed by atoms with Gasteiger partial charge in [0.05, 0.1) is 5.56 Å². The molecule has 1 N–H and O–H groups in total. The number of ether oxygens (including phenoxy) is 1. The van der Waals surface area contributed by atoms with Crippen LogP contribution in [0.3, 0.4) is 0 Å². The summed E-state index contributed by atoms with van der Waals surface area (Å²) in [6.07, 6.45) is 1.13. The maximum absolute atomic E-state index is 13.4. The zero-order chi connectivity index (χ0) is 12.3. The van der Waals surface area contributed by atoms with Gasteiger partial charge >= 0.3 is 5.97 Å². The van der Waals surface area contributed by atoms with E-state index in [2.05, 4.69) is 14.7 Å². The minimum Gasteiger partial charge on any atom is -0.482 e. The molecule has 0 saturated heterocycles. The monoisotopic (exact) mass is 238 g/mol. The first-order chi connectivity index (χ1) is 8.16. The second-order valence-corrected chi connectivity index (χ2v) is 3.09. The van der Waals surface area contributed by atoms with Crippen molar-refractivity contribution in [3.05, 3.63) is 41.8 Å². The Labute approximate surface area is 94.6 Å². The Kier molecular flexibility index (Phi) is 2.99. The van der Waals surface area contributed by atoms with Gasteiger partial charge in [-0.3, -0.25) is 0 Å². The Morgan fingerprint density at radius 2 is 2.35 bits per heavy atom. The SMILES string of the molecule is O=C(O)c1ccc(OCc2ncon2)c(F)c1. The van der Waals surface area contributed by atoms with Gasteiger partial charge in [0.1, 0.15) is 0 Å². The Bertz CT molecular complexity index is 527. The molecule has 0 amide bonds. The number of carboxylic acid groups (broad SMARTS) is 1. The number of hydrogen-bond donors (Lipinski definition) is 1. The van der Waals surface area contributed by atoms with E-state index < -0.39 is 11.8 Å². The number of benzene rings is 1. The zero-order valence-corrected chi connectivity index (χ0v) is 8.46. The molecule has 0 aliphatic rings. The quantitative estimate of drug-likeness (QED) is 0.868. The third-order valence-electron chi connectivity index (χ3n) is 1.94. The molecular formula is C10H7FN2O4. The summed E-state index contributed by atoms with van der Waals surface area (Å²) in [5, 5.41) is 12.1. The van der Waals surface area contributed by atoms with E-state index >= 15 is 0 Å². The molecule has 0 aliphatic heterocycles. The standard InChI is InChI=1S/C10H7FN2O4/c11-7-3-6(10(14)15)1-2-8(7)16-4-9-12-5-17-13-9/h1-3,5H,4H2,(H,14,15). The first-order valence-electron chi connectivity index (χ1n) is 4.57. The lowest BCUT2D eigenvalue weighted by Gasteiger charge is -2.05. The first-order valence-corrected chi connectivity index (χ1v) is 4.57. The molecular weight excluding hydrogens is 231 g/mol. The molecule has 17 heavy (non-hydrogen) atoms. The minimum atomic E-state index is -1.20. The van der Waals surface area contributed by atoms with E-state index in [1.54, 1.807) is 0 Å². The molecule has 88 valence electrons. The molecule has 0 unspecified atom stereocenters. The smallest absolute Gasteiger partial charge is 0.335 e. The van der Waals surface area contributed by atoms with Crippen LogP contribution in [-0.2, 0) is 6.61 Å². The normalized spacial score (nSPS) is 10.2. The van der Waals surface area contributed by atoms with Gasteiger partial charge in [0.15, 0.2) is 18.2 Å². The van der Waals surface area contributed by atoms with E-state index in [0.717, 1.165) is 12.5 Å². The van der Waals surface area contributed by atoms with Crippen molar-refractivity contribution >= 4 is 5.97 Å². The molecule has 0 radical (unpaired) electrons. The van der Waals surface area contributed by atoms with E-state index in [1.807, 2.05) is 0 Å². The van der Waals surface area contributed by atoms with Gasteiger partial charge in [-0.25, -0.2) is 9.18 Å². The van der Waals surface area contributed by atoms with E-state index in [0.29, 0.717) is 0 Å². The molecule has 0 aliphatic carbocycles. The van der Waals surface area contributed by atoms with Crippen molar-refractivity contribution in [2.24, 2.45) is 0 Å². The molecule has 7 heteroatoms. The number of aromatic carboxylic acids is 1. The average Bonchev–Trinajstić information content (AvgIpc) is 2.80. The van der Waals surface area contributed by atoms with Gasteiger partial charge in [0, 0.05) is 0 Å². The summed E-state index contributed by atoms with van der Waals surface area (Å²) in [7, 11) is 0. The molecule has 1 aromatic heterocycles. The fourth-order valence-electron chi connectivity index (χ4n) is 1.15. The summed E-state index contributed by atoms with van der Waals surface area (Å²) in [6, 6.07) is 3.36. The lowest BCUT2D eigenvalue weighted by atomic mass is 10.2. The second-order valence-electron chi connectivity index (χ2n) is 3.09. The highest BCUT2D eigenvalue weighted by molar-refractivity contribution is 5.87. The van der Waals surface area contributed by atoms with Gasteiger partial charge in [-0.05, 0) is 18.2 Å². The maximum atomic E-state index is 13.4. The molecule has 0 atom stereocenters. The summed E-state index contributed by atoms with van der Waals surface area (Å²) in [5.41, 5.74) is -0.144. The average molecular weight is 238 g/mol. The van der Waals surface area contributed by atoms with Crippen LogP contribution < -0.4 is 4.74 Å². The molecule has 0 saturated carbocycles. The summed E-state index contributed by atoms with van der Waals surface area (Å²) in [5.74, 6) is -1.76. The highest BCUT2D eigenvalue weighted by atomic mass is 19.1. The Hall–Kier alpha value is -2.44. The van der Waals surface area contributed by atoms with Crippen molar-refractivity contribution in [3.8, 4) is 5.75 Å². The van der Waals surface area contributed by atoms with Gasteiger partial charge in [-0.2, -0.15) is 4.98 Å². The summed E-state index contributed by atoms with van der Waals surface area (Å²) in [6.45, 7) is -0.0557. The molecule has 2 rings (SSSR count). The Morgan fingerprint density at radius 3 is 2.94 bits per heavy atom. The largest absolute Gasteiger partial charge is 0.482 e. The van der Waals surface area contributed by atoms with Crippen LogP contribution in [0.1, 0.15) is 16.2 Å². The second kappa shape index (κ2) is 4.60. The van der Waals surface area contributed by atoms with E-state index in [4.69, 9.17) is 9.84 Å². The molecule has 0 spiro atoms. The Balaban J connectivity index is 2.09. The third kappa shape index (κ3) is 2.57. The van der Waals surface area contributed by atoms with Crippen molar-refractivity contribution in [2.75, 3.05) is 0 Å². The highest BCUT2D eigenvalue weighted by Gasteiger charge is 2.10. The molecule has 2 aromatic rings. The van der Waals surface area contributed by atoms with E-state index in [1.165, 1.54) is 12.1 Å². The van der Waals surface area contributed by atoms with Crippen LogP contribution >= 0.6 is 0 Å². The van der Waals surface area contributed by atoms with Crippen molar-refractivity contribution in [1.29, 1.82) is 0 Å². The number of carbonyl (C=O) groups is 1. The zero-order valence-electron chi connectivity index (χ0n) is 8.46. The van der Waals surface area contributed by atoms with Gasteiger partial charge in [0.25, 0.3) is 0 Å². The van der Waals surface area contributed by atoms with E-state index in [-0.39, 0.29) is 23.7 Å². The van der Waals surface area contributed by atoms with Crippen LogP contribution in [0.5, 0.6) is 5.75 Å². The van der Waals surface area contributed by atoms with Crippen LogP contribution in [0, 0.1) is 5.82 Å². The number of nitrogens with zero attached hydrogens (tertiary/aromatic N) is 2. The molecule has 6 nitrogen and oxygen atoms in total. The fourth-order valence-corrected chi connectivity index (χ4v) is 1.15. The minimum absolute atomic E-state index is 0.0557. The van der Waals surface area contributed by atoms with Crippen LogP contribution in [0.4, 0.5) is 4.39 Å². The first kappa shape index (κ1) is 11.1. The molecule has 0 bridgehead atoms. The van der Waals surface area contributed by atoms with Crippen molar-refractivity contribution < 1.29 is 23.6 Å². The predicted octanol–water partition coefficient (Wildman–Crippen LogP) is 1.49. The maximum Gasteiger partial charge on any atom is 0.335 e. The van der Waals surface area contributed by atoms with Gasteiger partial charge in [0.2, 0.25) is 12.2 Å². The summed E-state index contributed by atoms with van der Waals surface area (Å²) in [4.78, 5) is 14.3. The van der Waals surface area contributed by atoms with Crippen molar-refractivity contribution in [1.82, 2.24) is 10.1 Å². The number of halogens is 1. The van der Waals surface area contributed by atoms with Gasteiger partial charge < -0.3 is 14.4 Å². The predicted molar refractivity (Wildman–Crippen MR) is 52.0 cm³/mol. The summed E-state index contributed by atoms with van der Waals surface area (Å²) >= 11 is 0. The van der Waals surface area contributed by atoms with Crippen LogP contribution in [0.25, 0.3) is 0 Å². The number of aromatic nitrogens is 2. The van der Waals surface area contributed by atoms with Gasteiger partial charge in [-0.1, -0.05) is 5.16 Å². The fraction of sp³-hybridized carbons (Fsp3) is 0.100. The van der Waals surface area contributed by atoms with Crippen LogP contribution in [0.15, 0.2) is 29.1 Å². The molecule has 0 fully saturated rings. The van der Waals surface area contributed by atoms with Crippen molar-refractivity contribution in [3.63, 3.8) is 0 Å². The number of rotatable bonds is 4. The molecule has 1 aromatic carbocycles. The third-order valence-corrected chi connectivity index (χ3v) is 1.94. The topological polar surface area (TPSA) is 85.5 Å². The number of carboxylic acids is 1. The van der Waals surface area contributed by atoms with Crippen molar-refractivity contribution in [2.45, 2.75) is 6.61 Å². The lowest BCUT2D eigenvalue weighted by molar-refractivity contribution is 0.0696.